The maximum absolute atomic E-state index is 13.5. The average Bonchev–Trinajstić information content (AvgIpc) is 2.69. The molecule has 0 aliphatic rings. The van der Waals surface area contributed by atoms with E-state index >= 15 is 0 Å². The van der Waals surface area contributed by atoms with Crippen LogP contribution in [-0.2, 0) is 0 Å². The van der Waals surface area contributed by atoms with Crippen molar-refractivity contribution in [1.82, 2.24) is 10.2 Å². The van der Waals surface area contributed by atoms with Crippen LogP contribution in [0, 0.1) is 31.0 Å². The summed E-state index contributed by atoms with van der Waals surface area (Å²) in [6, 6.07) is 7.78. The van der Waals surface area contributed by atoms with Gasteiger partial charge in [0.2, 0.25) is 0 Å². The highest BCUT2D eigenvalue weighted by atomic mass is 19.1. The Morgan fingerprint density at radius 1 is 1.39 bits per heavy atom. The molecular weight excluding hydrogens is 231 g/mol. The fraction of sp³-hybridized carbons (Fsp3) is 0.231. The van der Waals surface area contributed by atoms with Gasteiger partial charge in [0.25, 0.3) is 0 Å². The van der Waals surface area contributed by atoms with E-state index in [0.717, 1.165) is 17.0 Å². The molecular formula is C13H13FN4. The number of aromatic nitrogens is 2. The molecule has 18 heavy (non-hydrogen) atoms. The number of H-pyrrole nitrogens is 1. The minimum Gasteiger partial charge on any atom is -0.364 e. The number of halogens is 1. The fourth-order valence-electron chi connectivity index (χ4n) is 1.89. The van der Waals surface area contributed by atoms with E-state index in [1.54, 1.807) is 18.2 Å². The summed E-state index contributed by atoms with van der Waals surface area (Å²) in [5.74, 6) is -0.378. The zero-order valence-corrected chi connectivity index (χ0v) is 10.2. The first-order valence-electron chi connectivity index (χ1n) is 5.55. The molecule has 5 heteroatoms. The van der Waals surface area contributed by atoms with E-state index in [9.17, 15) is 9.65 Å². The van der Waals surface area contributed by atoms with Gasteiger partial charge in [-0.15, -0.1) is 0 Å². The molecule has 0 fully saturated rings. The number of hydrogen-bond acceptors (Lipinski definition) is 3. The molecule has 0 aliphatic heterocycles. The summed E-state index contributed by atoms with van der Waals surface area (Å²) in [5.41, 5.74) is 2.62. The molecule has 0 saturated carbocycles. The summed E-state index contributed by atoms with van der Waals surface area (Å²) in [5, 5.41) is 19.0. The van der Waals surface area contributed by atoms with E-state index in [1.165, 1.54) is 6.07 Å². The van der Waals surface area contributed by atoms with Crippen LogP contribution in [-0.4, -0.2) is 10.2 Å². The Labute approximate surface area is 104 Å². The number of para-hydroxylation sites is 1. The van der Waals surface area contributed by atoms with Crippen molar-refractivity contribution in [3.63, 3.8) is 0 Å². The van der Waals surface area contributed by atoms with Gasteiger partial charge in [0.15, 0.2) is 0 Å². The van der Waals surface area contributed by atoms with Gasteiger partial charge in [-0.1, -0.05) is 12.1 Å². The largest absolute Gasteiger partial charge is 0.364 e. The molecule has 1 aromatic carbocycles. The molecule has 1 aromatic heterocycles. The molecule has 2 aromatic rings. The van der Waals surface area contributed by atoms with Gasteiger partial charge < -0.3 is 5.32 Å². The van der Waals surface area contributed by atoms with Crippen LogP contribution >= 0.6 is 0 Å². The number of hydrogen-bond donors (Lipinski definition) is 2. The molecule has 1 heterocycles. The van der Waals surface area contributed by atoms with Crippen molar-refractivity contribution in [1.29, 1.82) is 5.26 Å². The Morgan fingerprint density at radius 2 is 2.11 bits per heavy atom. The van der Waals surface area contributed by atoms with Gasteiger partial charge in [0, 0.05) is 11.3 Å². The lowest BCUT2D eigenvalue weighted by Gasteiger charge is -2.14. The van der Waals surface area contributed by atoms with Gasteiger partial charge in [0.1, 0.15) is 11.9 Å². The summed E-state index contributed by atoms with van der Waals surface area (Å²) >= 11 is 0. The number of nitrogens with zero attached hydrogens (tertiary/aromatic N) is 2. The van der Waals surface area contributed by atoms with E-state index in [2.05, 4.69) is 21.6 Å². The monoisotopic (exact) mass is 244 g/mol. The normalized spacial score (nSPS) is 11.9. The lowest BCUT2D eigenvalue weighted by Crippen LogP contribution is -2.11. The maximum atomic E-state index is 13.5. The Morgan fingerprint density at radius 3 is 2.67 bits per heavy atom. The molecule has 4 nitrogen and oxygen atoms in total. The third-order valence-electron chi connectivity index (χ3n) is 2.78. The molecule has 0 radical (unpaired) electrons. The number of rotatable bonds is 3. The summed E-state index contributed by atoms with van der Waals surface area (Å²) in [6.45, 7) is 3.65. The first-order chi connectivity index (χ1) is 8.63. The molecule has 0 amide bonds. The van der Waals surface area contributed by atoms with E-state index in [1.807, 2.05) is 13.8 Å². The van der Waals surface area contributed by atoms with E-state index < -0.39 is 6.04 Å². The number of aryl methyl sites for hydroxylation is 2. The molecule has 0 spiro atoms. The van der Waals surface area contributed by atoms with Crippen LogP contribution in [0.5, 0.6) is 0 Å². The smallest absolute Gasteiger partial charge is 0.146 e. The molecule has 2 N–H and O–H groups in total. The third-order valence-corrected chi connectivity index (χ3v) is 2.78. The third kappa shape index (κ3) is 2.18. The molecule has 2 rings (SSSR count). The van der Waals surface area contributed by atoms with Crippen molar-refractivity contribution in [2.75, 3.05) is 5.32 Å². The number of aromatic amines is 1. The number of anilines is 1. The molecule has 92 valence electrons. The highest BCUT2D eigenvalue weighted by Crippen LogP contribution is 2.24. The van der Waals surface area contributed by atoms with Crippen molar-refractivity contribution in [3.05, 3.63) is 47.0 Å². The topological polar surface area (TPSA) is 64.5 Å². The number of nitrogens with one attached hydrogen (secondary N) is 2. The Bertz CT molecular complexity index is 578. The average molecular weight is 244 g/mol. The van der Waals surface area contributed by atoms with Crippen LogP contribution in [0.2, 0.25) is 0 Å². The maximum Gasteiger partial charge on any atom is 0.146 e. The zero-order valence-electron chi connectivity index (χ0n) is 10.2. The van der Waals surface area contributed by atoms with Crippen LogP contribution in [0.1, 0.15) is 23.0 Å². The lowest BCUT2D eigenvalue weighted by atomic mass is 10.1. The molecule has 0 aliphatic carbocycles. The van der Waals surface area contributed by atoms with Gasteiger partial charge in [-0.3, -0.25) is 5.10 Å². The van der Waals surface area contributed by atoms with Gasteiger partial charge in [-0.25, -0.2) is 4.39 Å². The first-order valence-corrected chi connectivity index (χ1v) is 5.55. The summed E-state index contributed by atoms with van der Waals surface area (Å²) in [7, 11) is 0. The summed E-state index contributed by atoms with van der Waals surface area (Å²) in [6.07, 6.45) is 0. The van der Waals surface area contributed by atoms with Crippen molar-refractivity contribution < 1.29 is 4.39 Å². The highest BCUT2D eigenvalue weighted by molar-refractivity contribution is 5.49. The standard InChI is InChI=1S/C13H13FN4/c1-8-13(9(2)18-17-8)12(7-15)16-11-6-4-3-5-10(11)14/h3-6,12,16H,1-2H3,(H,17,18). The quantitative estimate of drug-likeness (QED) is 0.872. The molecule has 1 atom stereocenters. The number of nitriles is 1. The van der Waals surface area contributed by atoms with E-state index in [-0.39, 0.29) is 5.82 Å². The van der Waals surface area contributed by atoms with Crippen LogP contribution in [0.4, 0.5) is 10.1 Å². The summed E-state index contributed by atoms with van der Waals surface area (Å²) < 4.78 is 13.5. The zero-order chi connectivity index (χ0) is 13.1. The van der Waals surface area contributed by atoms with Crippen LogP contribution < -0.4 is 5.32 Å². The van der Waals surface area contributed by atoms with Gasteiger partial charge >= 0.3 is 0 Å². The molecule has 0 saturated heterocycles. The summed E-state index contributed by atoms with van der Waals surface area (Å²) in [4.78, 5) is 0. The van der Waals surface area contributed by atoms with E-state index in [4.69, 9.17) is 0 Å². The Balaban J connectivity index is 2.32. The predicted octanol–water partition coefficient (Wildman–Crippen LogP) is 2.84. The molecule has 1 unspecified atom stereocenters. The highest BCUT2D eigenvalue weighted by Gasteiger charge is 2.19. The van der Waals surface area contributed by atoms with Crippen LogP contribution in [0.25, 0.3) is 0 Å². The van der Waals surface area contributed by atoms with E-state index in [0.29, 0.717) is 5.69 Å². The lowest BCUT2D eigenvalue weighted by molar-refractivity contribution is 0.629. The minimum atomic E-state index is -0.624. The number of benzene rings is 1. The Kier molecular flexibility index (Phi) is 3.28. The SMILES string of the molecule is Cc1n[nH]c(C)c1C(C#N)Nc1ccccc1F. The first kappa shape index (κ1) is 12.1. The van der Waals surface area contributed by atoms with Crippen molar-refractivity contribution in [2.24, 2.45) is 0 Å². The van der Waals surface area contributed by atoms with Crippen molar-refractivity contribution >= 4 is 5.69 Å². The van der Waals surface area contributed by atoms with Gasteiger partial charge in [0.05, 0.1) is 17.5 Å². The Hall–Kier alpha value is -2.35. The van der Waals surface area contributed by atoms with Crippen molar-refractivity contribution in [3.8, 4) is 6.07 Å². The van der Waals surface area contributed by atoms with Crippen molar-refractivity contribution in [2.45, 2.75) is 19.9 Å². The second-order valence-electron chi connectivity index (χ2n) is 4.03. The van der Waals surface area contributed by atoms with Crippen LogP contribution in [0.3, 0.4) is 0 Å². The fourth-order valence-corrected chi connectivity index (χ4v) is 1.89. The minimum absolute atomic E-state index is 0.309. The van der Waals surface area contributed by atoms with Gasteiger partial charge in [-0.05, 0) is 26.0 Å². The second kappa shape index (κ2) is 4.88. The molecule has 0 bridgehead atoms. The van der Waals surface area contributed by atoms with Crippen LogP contribution in [0.15, 0.2) is 24.3 Å². The predicted molar refractivity (Wildman–Crippen MR) is 66.4 cm³/mol. The van der Waals surface area contributed by atoms with Gasteiger partial charge in [-0.2, -0.15) is 10.4 Å². The second-order valence-corrected chi connectivity index (χ2v) is 4.03.